The highest BCUT2D eigenvalue weighted by Gasteiger charge is 2.33. The lowest BCUT2D eigenvalue weighted by atomic mass is 9.71. The molecule has 0 spiro atoms. The van der Waals surface area contributed by atoms with E-state index in [2.05, 4.69) is 41.5 Å². The lowest BCUT2D eigenvalue weighted by Crippen LogP contribution is -2.35. The van der Waals surface area contributed by atoms with Gasteiger partial charge in [0.1, 0.15) is 6.10 Å². The molecule has 2 aliphatic carbocycles. The zero-order valence-corrected chi connectivity index (χ0v) is 16.7. The maximum absolute atomic E-state index is 12.4. The monoisotopic (exact) mass is 334 g/mol. The summed E-state index contributed by atoms with van der Waals surface area (Å²) in [4.78, 5) is 12.4. The van der Waals surface area contributed by atoms with Gasteiger partial charge >= 0.3 is 5.97 Å². The molecule has 0 heterocycles. The molecule has 138 valence electrons. The van der Waals surface area contributed by atoms with Crippen molar-refractivity contribution in [2.45, 2.75) is 92.6 Å². The number of rotatable bonds is 3. The van der Waals surface area contributed by atoms with Crippen molar-refractivity contribution in [2.75, 3.05) is 0 Å². The SMILES string of the molecule is CC(C)[C@@H]1CC[C@@H](C)C[C@H]1OC(=O)C=C1CCC(C(C)(C)C)CC1. The molecule has 2 heteroatoms. The maximum atomic E-state index is 12.4. The fraction of sp³-hybridized carbons (Fsp3) is 0.864. The molecule has 0 unspecified atom stereocenters. The van der Waals surface area contributed by atoms with Crippen molar-refractivity contribution in [1.29, 1.82) is 0 Å². The van der Waals surface area contributed by atoms with E-state index < -0.39 is 0 Å². The Balaban J connectivity index is 1.90. The molecule has 0 aromatic carbocycles. The van der Waals surface area contributed by atoms with E-state index in [0.717, 1.165) is 25.2 Å². The predicted octanol–water partition coefficient (Wildman–Crippen LogP) is 6.15. The minimum Gasteiger partial charge on any atom is -0.459 e. The van der Waals surface area contributed by atoms with Crippen LogP contribution in [0.25, 0.3) is 0 Å². The van der Waals surface area contributed by atoms with Gasteiger partial charge in [0.05, 0.1) is 0 Å². The third-order valence-corrected chi connectivity index (χ3v) is 6.40. The van der Waals surface area contributed by atoms with Gasteiger partial charge in [0.25, 0.3) is 0 Å². The van der Waals surface area contributed by atoms with Crippen molar-refractivity contribution in [3.8, 4) is 0 Å². The zero-order valence-electron chi connectivity index (χ0n) is 16.7. The summed E-state index contributed by atoms with van der Waals surface area (Å²) in [5, 5.41) is 0. The highest BCUT2D eigenvalue weighted by Crippen LogP contribution is 2.40. The van der Waals surface area contributed by atoms with Gasteiger partial charge in [-0.3, -0.25) is 0 Å². The number of carbonyl (C=O) groups is 1. The normalized spacial score (nSPS) is 31.9. The van der Waals surface area contributed by atoms with E-state index in [1.807, 2.05) is 6.08 Å². The van der Waals surface area contributed by atoms with Gasteiger partial charge in [-0.05, 0) is 67.6 Å². The summed E-state index contributed by atoms with van der Waals surface area (Å²) in [5.74, 6) is 2.47. The van der Waals surface area contributed by atoms with Gasteiger partial charge in [0.15, 0.2) is 0 Å². The van der Waals surface area contributed by atoms with E-state index in [1.165, 1.54) is 31.3 Å². The molecule has 2 rings (SSSR count). The number of hydrogen-bond acceptors (Lipinski definition) is 2. The van der Waals surface area contributed by atoms with E-state index in [0.29, 0.717) is 23.2 Å². The van der Waals surface area contributed by atoms with Gasteiger partial charge < -0.3 is 4.74 Å². The number of esters is 1. The van der Waals surface area contributed by atoms with E-state index >= 15 is 0 Å². The van der Waals surface area contributed by atoms with E-state index in [9.17, 15) is 4.79 Å². The average molecular weight is 335 g/mol. The van der Waals surface area contributed by atoms with Crippen LogP contribution in [-0.2, 0) is 9.53 Å². The lowest BCUT2D eigenvalue weighted by Gasteiger charge is -2.36. The Morgan fingerprint density at radius 2 is 1.75 bits per heavy atom. The topological polar surface area (TPSA) is 26.3 Å². The van der Waals surface area contributed by atoms with Crippen molar-refractivity contribution < 1.29 is 9.53 Å². The van der Waals surface area contributed by atoms with Crippen LogP contribution < -0.4 is 0 Å². The Kier molecular flexibility index (Phi) is 6.56. The summed E-state index contributed by atoms with van der Waals surface area (Å²) >= 11 is 0. The molecule has 0 bridgehead atoms. The van der Waals surface area contributed by atoms with Crippen molar-refractivity contribution in [2.24, 2.45) is 29.1 Å². The van der Waals surface area contributed by atoms with Crippen LogP contribution in [0, 0.1) is 29.1 Å². The Labute approximate surface area is 149 Å². The fourth-order valence-corrected chi connectivity index (χ4v) is 4.60. The first kappa shape index (κ1) is 19.5. The molecule has 24 heavy (non-hydrogen) atoms. The minimum atomic E-state index is -0.0936. The Morgan fingerprint density at radius 1 is 1.12 bits per heavy atom. The summed E-state index contributed by atoms with van der Waals surface area (Å²) < 4.78 is 5.92. The first-order valence-corrected chi connectivity index (χ1v) is 10.1. The number of allylic oxidation sites excluding steroid dienone is 1. The lowest BCUT2D eigenvalue weighted by molar-refractivity contribution is -0.149. The summed E-state index contributed by atoms with van der Waals surface area (Å²) in [6.45, 7) is 13.8. The number of carbonyl (C=O) groups excluding carboxylic acids is 1. The quantitative estimate of drug-likeness (QED) is 0.457. The van der Waals surface area contributed by atoms with E-state index in [4.69, 9.17) is 4.74 Å². The van der Waals surface area contributed by atoms with E-state index in [1.54, 1.807) is 0 Å². The van der Waals surface area contributed by atoms with Crippen molar-refractivity contribution in [3.63, 3.8) is 0 Å². The molecular formula is C22H38O2. The van der Waals surface area contributed by atoms with Gasteiger partial charge in [-0.1, -0.05) is 53.5 Å². The summed E-state index contributed by atoms with van der Waals surface area (Å²) in [6, 6.07) is 0. The van der Waals surface area contributed by atoms with Crippen LogP contribution in [0.2, 0.25) is 0 Å². The molecule has 0 N–H and O–H groups in total. The van der Waals surface area contributed by atoms with Crippen LogP contribution in [0.15, 0.2) is 11.6 Å². The minimum absolute atomic E-state index is 0.0936. The molecular weight excluding hydrogens is 296 g/mol. The second-order valence-electron chi connectivity index (χ2n) is 9.74. The average Bonchev–Trinajstić information content (AvgIpc) is 2.46. The molecule has 2 saturated carbocycles. The molecule has 2 aliphatic rings. The van der Waals surface area contributed by atoms with Crippen LogP contribution in [0.4, 0.5) is 0 Å². The largest absolute Gasteiger partial charge is 0.459 e. The van der Waals surface area contributed by atoms with Gasteiger partial charge in [-0.25, -0.2) is 4.79 Å². The Bertz CT molecular complexity index is 445. The van der Waals surface area contributed by atoms with Crippen LogP contribution in [0.5, 0.6) is 0 Å². The smallest absolute Gasteiger partial charge is 0.330 e. The second-order valence-corrected chi connectivity index (χ2v) is 9.74. The number of hydrogen-bond donors (Lipinski definition) is 0. The van der Waals surface area contributed by atoms with Crippen LogP contribution in [0.3, 0.4) is 0 Å². The highest BCUT2D eigenvalue weighted by molar-refractivity contribution is 5.83. The van der Waals surface area contributed by atoms with Gasteiger partial charge in [-0.15, -0.1) is 0 Å². The third kappa shape index (κ3) is 5.36. The van der Waals surface area contributed by atoms with Crippen LogP contribution in [0.1, 0.15) is 86.5 Å². The second kappa shape index (κ2) is 8.06. The summed E-state index contributed by atoms with van der Waals surface area (Å²) in [5.41, 5.74) is 1.68. The molecule has 0 aromatic rings. The Hall–Kier alpha value is -0.790. The first-order valence-electron chi connectivity index (χ1n) is 10.1. The third-order valence-electron chi connectivity index (χ3n) is 6.40. The molecule has 0 amide bonds. The molecule has 0 aliphatic heterocycles. The molecule has 2 fully saturated rings. The van der Waals surface area contributed by atoms with Gasteiger partial charge in [-0.2, -0.15) is 0 Å². The molecule has 0 saturated heterocycles. The molecule has 0 radical (unpaired) electrons. The number of ether oxygens (including phenoxy) is 1. The first-order chi connectivity index (χ1) is 11.2. The maximum Gasteiger partial charge on any atom is 0.330 e. The molecule has 0 aromatic heterocycles. The van der Waals surface area contributed by atoms with Crippen molar-refractivity contribution in [1.82, 2.24) is 0 Å². The van der Waals surface area contributed by atoms with Gasteiger partial charge in [0, 0.05) is 6.08 Å². The van der Waals surface area contributed by atoms with Crippen LogP contribution in [-0.4, -0.2) is 12.1 Å². The predicted molar refractivity (Wildman–Crippen MR) is 101 cm³/mol. The van der Waals surface area contributed by atoms with Crippen molar-refractivity contribution in [3.05, 3.63) is 11.6 Å². The summed E-state index contributed by atoms with van der Waals surface area (Å²) in [6.07, 6.45) is 9.96. The van der Waals surface area contributed by atoms with Crippen LogP contribution >= 0.6 is 0 Å². The Morgan fingerprint density at radius 3 is 2.29 bits per heavy atom. The van der Waals surface area contributed by atoms with Gasteiger partial charge in [0.2, 0.25) is 0 Å². The van der Waals surface area contributed by atoms with E-state index in [-0.39, 0.29) is 12.1 Å². The molecule has 3 atom stereocenters. The zero-order chi connectivity index (χ0) is 17.9. The molecule has 2 nitrogen and oxygen atoms in total. The van der Waals surface area contributed by atoms with Crippen molar-refractivity contribution >= 4 is 5.97 Å². The highest BCUT2D eigenvalue weighted by atomic mass is 16.5. The standard InChI is InChI=1S/C22H38O2/c1-15(2)19-12-7-16(3)13-20(19)24-21(23)14-17-8-10-18(11-9-17)22(4,5)6/h14-16,18-20H,7-13H2,1-6H3/t16-,18?,19+,20-/m1/s1. The summed E-state index contributed by atoms with van der Waals surface area (Å²) in [7, 11) is 0. The fourth-order valence-electron chi connectivity index (χ4n) is 4.60.